The van der Waals surface area contributed by atoms with Gasteiger partial charge < -0.3 is 24.8 Å². The molecule has 0 bridgehead atoms. The standard InChI is InChI=1S/C12H14N.2ClH.Zr/c1-12(2,3)10-8-13-11-7-5-4-6-9(10)11;;;/h4-7,13H,1-3H3;2*1H;/q;;;+2/p-2. The van der Waals surface area contributed by atoms with E-state index in [9.17, 15) is 0 Å². The van der Waals surface area contributed by atoms with E-state index >= 15 is 0 Å². The van der Waals surface area contributed by atoms with Crippen molar-refractivity contribution in [1.29, 1.82) is 0 Å². The Hall–Kier alpha value is 0.223. The molecule has 16 heavy (non-hydrogen) atoms. The van der Waals surface area contributed by atoms with Crippen molar-refractivity contribution in [1.82, 2.24) is 4.98 Å². The first-order valence-electron chi connectivity index (χ1n) is 4.83. The van der Waals surface area contributed by atoms with Crippen LogP contribution in [0.1, 0.15) is 26.3 Å². The van der Waals surface area contributed by atoms with Crippen molar-refractivity contribution in [2.45, 2.75) is 26.2 Å². The maximum atomic E-state index is 3.47. The molecule has 4 heteroatoms. The van der Waals surface area contributed by atoms with E-state index in [0.29, 0.717) is 0 Å². The fourth-order valence-corrected chi connectivity index (χ4v) is 3.50. The summed E-state index contributed by atoms with van der Waals surface area (Å²) in [4.78, 5) is 3.47. The molecule has 2 rings (SSSR count). The SMILES string of the molecule is CC(C)(C)c1[c]([Zr+2])[nH]c2ccccc12.[Cl-].[Cl-]. The summed E-state index contributed by atoms with van der Waals surface area (Å²) in [7, 11) is 0. The molecule has 1 heterocycles. The molecule has 0 unspecified atom stereocenters. The quantitative estimate of drug-likeness (QED) is 0.518. The largest absolute Gasteiger partial charge is 1.00 e. The molecular formula is C12H14Cl2NZr. The first kappa shape index (κ1) is 16.2. The van der Waals surface area contributed by atoms with Crippen molar-refractivity contribution in [3.05, 3.63) is 29.8 Å². The van der Waals surface area contributed by atoms with Gasteiger partial charge in [-0.05, 0) is 0 Å². The van der Waals surface area contributed by atoms with Crippen LogP contribution in [-0.2, 0) is 30.1 Å². The van der Waals surface area contributed by atoms with Gasteiger partial charge in [-0.2, -0.15) is 0 Å². The molecule has 1 N–H and O–H groups in total. The molecule has 2 aromatic rings. The van der Waals surface area contributed by atoms with Crippen molar-refractivity contribution >= 4 is 14.3 Å². The second kappa shape index (κ2) is 5.71. The molecule has 0 radical (unpaired) electrons. The average molecular weight is 334 g/mol. The predicted molar refractivity (Wildman–Crippen MR) is 56.6 cm³/mol. The molecule has 1 aromatic carbocycles. The third-order valence-corrected chi connectivity index (χ3v) is 3.38. The van der Waals surface area contributed by atoms with E-state index in [4.69, 9.17) is 0 Å². The minimum absolute atomic E-state index is 0. The fourth-order valence-electron chi connectivity index (χ4n) is 1.92. The van der Waals surface area contributed by atoms with Crippen LogP contribution in [-0.4, -0.2) is 4.98 Å². The summed E-state index contributed by atoms with van der Waals surface area (Å²) >= 11 is 1.46. The molecule has 0 amide bonds. The summed E-state index contributed by atoms with van der Waals surface area (Å²) in [6.07, 6.45) is 0. The number of hydrogen-bond acceptors (Lipinski definition) is 0. The van der Waals surface area contributed by atoms with Gasteiger partial charge in [-0.15, -0.1) is 0 Å². The van der Waals surface area contributed by atoms with Gasteiger partial charge in [0.1, 0.15) is 0 Å². The van der Waals surface area contributed by atoms with Crippen LogP contribution in [0.25, 0.3) is 10.9 Å². The Morgan fingerprint density at radius 2 is 1.62 bits per heavy atom. The third-order valence-electron chi connectivity index (χ3n) is 2.46. The topological polar surface area (TPSA) is 15.8 Å². The van der Waals surface area contributed by atoms with Crippen LogP contribution in [0.5, 0.6) is 0 Å². The van der Waals surface area contributed by atoms with E-state index in [1.807, 2.05) is 0 Å². The molecule has 0 aliphatic heterocycles. The van der Waals surface area contributed by atoms with E-state index in [1.54, 1.807) is 0 Å². The average Bonchev–Trinajstić information content (AvgIpc) is 2.38. The molecule has 0 fully saturated rings. The number of rotatable bonds is 0. The van der Waals surface area contributed by atoms with Gasteiger partial charge in [-0.3, -0.25) is 0 Å². The van der Waals surface area contributed by atoms with Gasteiger partial charge in [0.15, 0.2) is 0 Å². The number of hydrogen-bond donors (Lipinski definition) is 1. The van der Waals surface area contributed by atoms with E-state index < -0.39 is 0 Å². The van der Waals surface area contributed by atoms with Crippen LogP contribution in [0.2, 0.25) is 0 Å². The second-order valence-electron chi connectivity index (χ2n) is 4.67. The van der Waals surface area contributed by atoms with Crippen LogP contribution in [0.15, 0.2) is 24.3 Å². The van der Waals surface area contributed by atoms with Gasteiger partial charge >= 0.3 is 100 Å². The number of halogens is 2. The van der Waals surface area contributed by atoms with Crippen LogP contribution in [0, 0.1) is 0 Å². The number of H-pyrrole nitrogens is 1. The molecule has 0 spiro atoms. The molecule has 0 saturated carbocycles. The van der Waals surface area contributed by atoms with Crippen LogP contribution >= 0.6 is 0 Å². The van der Waals surface area contributed by atoms with Crippen molar-refractivity contribution in [2.75, 3.05) is 0 Å². The zero-order valence-corrected chi connectivity index (χ0v) is 13.5. The molecule has 0 aliphatic carbocycles. The minimum atomic E-state index is 0. The van der Waals surface area contributed by atoms with Gasteiger partial charge in [0.25, 0.3) is 0 Å². The number of aromatic amines is 1. The number of para-hydroxylation sites is 1. The van der Waals surface area contributed by atoms with Gasteiger partial charge in [-0.25, -0.2) is 0 Å². The van der Waals surface area contributed by atoms with E-state index in [2.05, 4.69) is 50.0 Å². The number of fused-ring (bicyclic) bond motifs is 1. The summed E-state index contributed by atoms with van der Waals surface area (Å²) in [5.41, 5.74) is 2.98. The molecule has 85 valence electrons. The Bertz CT molecular complexity index is 471. The smallest absolute Gasteiger partial charge is 1.00 e. The third kappa shape index (κ3) is 2.91. The van der Waals surface area contributed by atoms with Gasteiger partial charge in [0.05, 0.1) is 0 Å². The van der Waals surface area contributed by atoms with Crippen LogP contribution in [0.4, 0.5) is 0 Å². The Morgan fingerprint density at radius 1 is 1.06 bits per heavy atom. The number of aromatic nitrogens is 1. The van der Waals surface area contributed by atoms with Crippen molar-refractivity contribution < 1.29 is 49.5 Å². The molecule has 0 saturated heterocycles. The summed E-state index contributed by atoms with van der Waals surface area (Å²) in [6, 6.07) is 8.56. The van der Waals surface area contributed by atoms with Crippen LogP contribution in [0.3, 0.4) is 0 Å². The Kier molecular flexibility index (Phi) is 5.79. The monoisotopic (exact) mass is 332 g/mol. The summed E-state index contributed by atoms with van der Waals surface area (Å²) in [5.74, 6) is 0. The minimum Gasteiger partial charge on any atom is -1.00 e. The van der Waals surface area contributed by atoms with Gasteiger partial charge in [-0.1, -0.05) is 0 Å². The maximum absolute atomic E-state index is 3.47. The molecule has 0 aliphatic rings. The molecule has 0 atom stereocenters. The molecule has 1 aromatic heterocycles. The van der Waals surface area contributed by atoms with Crippen molar-refractivity contribution in [3.63, 3.8) is 0 Å². The summed E-state index contributed by atoms with van der Waals surface area (Å²) in [5, 5.41) is 1.38. The molecule has 1 nitrogen and oxygen atoms in total. The maximum Gasteiger partial charge on any atom is -1.00 e. The van der Waals surface area contributed by atoms with E-state index in [1.165, 1.54) is 44.6 Å². The first-order chi connectivity index (χ1) is 6.50. The Labute approximate surface area is 124 Å². The Morgan fingerprint density at radius 3 is 2.19 bits per heavy atom. The van der Waals surface area contributed by atoms with Crippen LogP contribution < -0.4 is 28.2 Å². The van der Waals surface area contributed by atoms with Gasteiger partial charge in [0.2, 0.25) is 0 Å². The molecular weight excluding hydrogens is 320 g/mol. The van der Waals surface area contributed by atoms with Crippen molar-refractivity contribution in [2.24, 2.45) is 0 Å². The predicted octanol–water partition coefficient (Wildman–Crippen LogP) is -3.35. The zero-order valence-electron chi connectivity index (χ0n) is 9.57. The Balaban J connectivity index is 0.00000112. The zero-order chi connectivity index (χ0) is 10.3. The van der Waals surface area contributed by atoms with Gasteiger partial charge in [0, 0.05) is 0 Å². The fraction of sp³-hybridized carbons (Fsp3) is 0.333. The summed E-state index contributed by atoms with van der Waals surface area (Å²) in [6.45, 7) is 6.82. The number of nitrogens with one attached hydrogen (secondary N) is 1. The number of benzene rings is 1. The van der Waals surface area contributed by atoms with E-state index in [0.717, 1.165) is 0 Å². The second-order valence-corrected chi connectivity index (χ2v) is 5.90. The summed E-state index contributed by atoms with van der Waals surface area (Å²) < 4.78 is 1.38. The van der Waals surface area contributed by atoms with E-state index in [-0.39, 0.29) is 30.2 Å². The normalized spacial score (nSPS) is 10.8. The first-order valence-corrected chi connectivity index (χ1v) is 6.06. The van der Waals surface area contributed by atoms with Crippen molar-refractivity contribution in [3.8, 4) is 0 Å².